The number of aryl methyl sites for hydroxylation is 1. The lowest BCUT2D eigenvalue weighted by molar-refractivity contribution is -0.159. The van der Waals surface area contributed by atoms with Gasteiger partial charge in [0.15, 0.2) is 11.6 Å². The molecule has 3 aromatic carbocycles. The van der Waals surface area contributed by atoms with Crippen molar-refractivity contribution >= 4 is 113 Å². The number of cyclic esters (lactones) is 1. The monoisotopic (exact) mass is 1670 g/mol. The van der Waals surface area contributed by atoms with E-state index in [4.69, 9.17) is 48.6 Å². The molecule has 4 aliphatic rings. The summed E-state index contributed by atoms with van der Waals surface area (Å²) < 4.78 is 61.4. The number of aromatic nitrogens is 4. The van der Waals surface area contributed by atoms with Crippen LogP contribution in [0.4, 0.5) is 19.7 Å². The SMILES string of the molecule is COC1C(=O)OCc2c1cc1n(c2=O)Cc2c-1nc1cc(F)c(C)c3c1c2[C@H](NC(=O)C1(NC(=O)OCc2ccc(NC(=O)C(CCCNC(N)=O)NC(=O)[C@@H](NC(=O)CCOCCOCCOCCOCCNC(=O)[C@H](CCCCN(C)C)NC(=O)c4ccc5nc(CBr)c(CBr)nc5c4)C(C)C)cc2)COC1)CC3. The van der Waals surface area contributed by atoms with E-state index in [1.807, 2.05) is 14.1 Å². The van der Waals surface area contributed by atoms with Crippen LogP contribution >= 0.6 is 31.9 Å². The van der Waals surface area contributed by atoms with Gasteiger partial charge in [-0.15, -0.1) is 0 Å². The van der Waals surface area contributed by atoms with Crippen molar-refractivity contribution in [2.75, 3.05) is 112 Å². The molecular weight excluding hydrogens is 1580 g/mol. The molecule has 32 nitrogen and oxygen atoms in total. The van der Waals surface area contributed by atoms with Gasteiger partial charge in [0.25, 0.3) is 17.4 Å². The van der Waals surface area contributed by atoms with Gasteiger partial charge >= 0.3 is 18.1 Å². The van der Waals surface area contributed by atoms with Crippen LogP contribution in [-0.2, 0) is 104 Å². The number of esters is 1. The van der Waals surface area contributed by atoms with Crippen molar-refractivity contribution in [3.05, 3.63) is 127 Å². The molecule has 1 aliphatic carbocycles. The first-order valence-corrected chi connectivity index (χ1v) is 39.1. The number of pyridine rings is 2. The number of amides is 9. The van der Waals surface area contributed by atoms with Crippen molar-refractivity contribution in [3.8, 4) is 11.4 Å². The van der Waals surface area contributed by atoms with Crippen molar-refractivity contribution < 1.29 is 85.4 Å². The molecule has 111 heavy (non-hydrogen) atoms. The maximum absolute atomic E-state index is 15.6. The zero-order valence-corrected chi connectivity index (χ0v) is 66.0. The summed E-state index contributed by atoms with van der Waals surface area (Å²) in [6.07, 6.45) is 0.910. The van der Waals surface area contributed by atoms with Gasteiger partial charge in [-0.3, -0.25) is 33.6 Å². The number of carbonyl (C=O) groups is 9. The van der Waals surface area contributed by atoms with Crippen molar-refractivity contribution in [2.45, 2.75) is 138 Å². The number of alkyl carbamates (subject to hydrolysis) is 1. The number of unbranched alkanes of at least 4 members (excludes halogenated alkanes) is 1. The average molecular weight is 1670 g/mol. The highest BCUT2D eigenvalue weighted by Gasteiger charge is 2.49. The minimum atomic E-state index is -1.54. The second kappa shape index (κ2) is 39.8. The van der Waals surface area contributed by atoms with E-state index in [1.54, 1.807) is 69.3 Å². The second-order valence-electron chi connectivity index (χ2n) is 28.0. The van der Waals surface area contributed by atoms with Crippen LogP contribution in [0.1, 0.15) is 132 Å². The Bertz CT molecular complexity index is 4470. The molecule has 10 rings (SSSR count). The van der Waals surface area contributed by atoms with Crippen LogP contribution in [0.5, 0.6) is 0 Å². The standard InChI is InChI=1S/C76H95Br2FN14O18/c1-42(2)64(90-61(94)20-24-105-26-28-107-30-31-108-29-27-106-25-22-81-68(96)54(10-7-8-23-92(4)5)87-67(95)45-14-18-52-56(32-45)85-59(36-78)58(35-77)84-52)70(98)88-55(11-9-21-82-74(80)102)69(97)83-46-15-12-44(13-16-46)38-111-75(103)91-76(40-109-41-76)73(101)89-53-19-17-47-43(3)51(79)34-57-62(47)63(53)49-37-93-60(65(49)86-57)33-48-50(71(93)99)39-110-72(100)66(48)104-6/h12-16,18,32-34,42,53-55,64,66H,7-11,17,19-31,35-41H2,1-6H3,(H,81,96)(H,83,97)(H,87,95)(H,88,98)(H,89,101)(H,90,94)(H,91,103)(H3,80,82,102)/t53-,54+,55?,64+,66?/m1/s1. The molecule has 0 saturated carbocycles. The molecule has 0 radical (unpaired) electrons. The van der Waals surface area contributed by atoms with E-state index >= 15 is 4.39 Å². The Morgan fingerprint density at radius 1 is 0.748 bits per heavy atom. The maximum Gasteiger partial charge on any atom is 0.408 e. The van der Waals surface area contributed by atoms with Crippen molar-refractivity contribution in [1.82, 2.24) is 61.6 Å². The normalized spacial score (nSPS) is 15.9. The molecule has 6 heterocycles. The fourth-order valence-electron chi connectivity index (χ4n) is 13.5. The first-order chi connectivity index (χ1) is 53.4. The van der Waals surface area contributed by atoms with Gasteiger partial charge in [-0.05, 0) is 137 Å². The van der Waals surface area contributed by atoms with E-state index in [0.29, 0.717) is 102 Å². The lowest BCUT2D eigenvalue weighted by Crippen LogP contribution is -2.70. The third-order valence-electron chi connectivity index (χ3n) is 19.5. The summed E-state index contributed by atoms with van der Waals surface area (Å²) in [5, 5.41) is 24.1. The number of rotatable bonds is 41. The molecule has 1 fully saturated rings. The van der Waals surface area contributed by atoms with E-state index in [-0.39, 0.29) is 130 Å². The molecule has 0 bridgehead atoms. The lowest BCUT2D eigenvalue weighted by Gasteiger charge is -2.41. The van der Waals surface area contributed by atoms with Gasteiger partial charge in [-0.1, -0.05) is 57.8 Å². The molecule has 35 heteroatoms. The number of fused-ring (bicyclic) bond motifs is 6. The van der Waals surface area contributed by atoms with Crippen molar-refractivity contribution in [2.24, 2.45) is 11.7 Å². The van der Waals surface area contributed by atoms with Gasteiger partial charge in [0.2, 0.25) is 23.6 Å². The first-order valence-electron chi connectivity index (χ1n) is 36.8. The average Bonchev–Trinajstić information content (AvgIpc) is 1.60. The summed E-state index contributed by atoms with van der Waals surface area (Å²) in [7, 11) is 5.30. The Morgan fingerprint density at radius 2 is 1.42 bits per heavy atom. The van der Waals surface area contributed by atoms with Crippen LogP contribution in [0, 0.1) is 18.7 Å². The summed E-state index contributed by atoms with van der Waals surface area (Å²) in [4.78, 5) is 150. The van der Waals surface area contributed by atoms with Gasteiger partial charge in [0.05, 0.1) is 124 Å². The van der Waals surface area contributed by atoms with Gasteiger partial charge in [0, 0.05) is 71.1 Å². The third kappa shape index (κ3) is 21.5. The molecule has 1 saturated heterocycles. The zero-order valence-electron chi connectivity index (χ0n) is 62.8. The summed E-state index contributed by atoms with van der Waals surface area (Å²) in [6.45, 7) is 7.30. The number of alkyl halides is 2. The molecule has 5 atom stereocenters. The van der Waals surface area contributed by atoms with Crippen LogP contribution in [0.3, 0.4) is 0 Å². The number of nitrogens with zero attached hydrogens (tertiary/aromatic N) is 5. The van der Waals surface area contributed by atoms with E-state index in [2.05, 4.69) is 89.3 Å². The topological polar surface area (TPSA) is 414 Å². The second-order valence-corrected chi connectivity index (χ2v) is 29.1. The molecule has 3 aromatic heterocycles. The minimum absolute atomic E-state index is 0.0273. The zero-order chi connectivity index (χ0) is 79.5. The van der Waals surface area contributed by atoms with Crippen molar-refractivity contribution in [3.63, 3.8) is 0 Å². The number of carbonyl (C=O) groups excluding carboxylic acids is 9. The Hall–Kier alpha value is -9.20. The van der Waals surface area contributed by atoms with Gasteiger partial charge < -0.3 is 95.6 Å². The molecule has 0 spiro atoms. The third-order valence-corrected chi connectivity index (χ3v) is 20.6. The van der Waals surface area contributed by atoms with Gasteiger partial charge in [-0.2, -0.15) is 0 Å². The van der Waals surface area contributed by atoms with Crippen molar-refractivity contribution in [1.29, 1.82) is 0 Å². The minimum Gasteiger partial charge on any atom is -0.458 e. The quantitative estimate of drug-likeness (QED) is 0.0134. The molecule has 10 N–H and O–H groups in total. The summed E-state index contributed by atoms with van der Waals surface area (Å²) in [5.74, 6) is -4.48. The lowest BCUT2D eigenvalue weighted by atomic mass is 9.81. The fraction of sp³-hybridized carbons (Fsp3) is 0.513. The van der Waals surface area contributed by atoms with Gasteiger partial charge in [0.1, 0.15) is 37.2 Å². The number of nitrogens with two attached hydrogens (primary N) is 1. The number of urea groups is 1. The number of ether oxygens (including phenoxy) is 8. The Balaban J connectivity index is 0.621. The highest BCUT2D eigenvalue weighted by atomic mass is 79.9. The highest BCUT2D eigenvalue weighted by molar-refractivity contribution is 9.09. The maximum atomic E-state index is 15.6. The van der Waals surface area contributed by atoms with Gasteiger partial charge in [-0.25, -0.2) is 33.7 Å². The Labute approximate surface area is 656 Å². The summed E-state index contributed by atoms with van der Waals surface area (Å²) in [5.41, 5.74) is 11.5. The summed E-state index contributed by atoms with van der Waals surface area (Å²) >= 11 is 6.91. The first kappa shape index (κ1) is 84.3. The van der Waals surface area contributed by atoms with Crippen LogP contribution in [-0.4, -0.2) is 209 Å². The highest BCUT2D eigenvalue weighted by Crippen LogP contribution is 2.46. The molecule has 598 valence electrons. The Morgan fingerprint density at radius 3 is 2.08 bits per heavy atom. The number of primary amides is 1. The van der Waals surface area contributed by atoms with E-state index in [9.17, 15) is 47.9 Å². The fourth-order valence-corrected chi connectivity index (χ4v) is 14.4. The predicted octanol–water partition coefficient (Wildman–Crippen LogP) is 5.26. The number of methoxy groups -OCH3 is 1. The number of anilines is 1. The molecule has 3 aliphatic heterocycles. The number of nitrogens with one attached hydrogen (secondary N) is 8. The molecule has 6 aromatic rings. The number of hydrogen-bond donors (Lipinski definition) is 9. The molecular formula is C76H95Br2FN14O18. The largest absolute Gasteiger partial charge is 0.458 e. The van der Waals surface area contributed by atoms with Crippen LogP contribution in [0.15, 0.2) is 59.4 Å². The van der Waals surface area contributed by atoms with E-state index in [0.717, 1.165) is 36.3 Å². The molecule has 2 unspecified atom stereocenters. The molecule has 9 amide bonds. The predicted molar refractivity (Wildman–Crippen MR) is 411 cm³/mol. The summed E-state index contributed by atoms with van der Waals surface area (Å²) in [6, 6.07) is 10.0. The van der Waals surface area contributed by atoms with Crippen LogP contribution in [0.25, 0.3) is 33.3 Å². The Kier molecular flexibility index (Phi) is 30.2. The number of hydrogen-bond acceptors (Lipinski definition) is 22. The van der Waals surface area contributed by atoms with E-state index < -0.39 is 101 Å². The van der Waals surface area contributed by atoms with Crippen LogP contribution < -0.4 is 53.8 Å². The smallest absolute Gasteiger partial charge is 0.408 e. The number of benzene rings is 3. The van der Waals surface area contributed by atoms with E-state index in [1.165, 1.54) is 17.7 Å². The van der Waals surface area contributed by atoms with Crippen LogP contribution in [0.2, 0.25) is 0 Å². The number of halogens is 3.